The highest BCUT2D eigenvalue weighted by Gasteiger charge is 2.39. The topological polar surface area (TPSA) is 142 Å². The quantitative estimate of drug-likeness (QED) is 0.411. The third-order valence-electron chi connectivity index (χ3n) is 5.35. The zero-order chi connectivity index (χ0) is 22.3. The summed E-state index contributed by atoms with van der Waals surface area (Å²) in [7, 11) is 0. The van der Waals surface area contributed by atoms with Gasteiger partial charge in [-0.1, -0.05) is 34.1 Å². The molecule has 1 saturated heterocycles. The number of carboxylic acids is 1. The van der Waals surface area contributed by atoms with Crippen LogP contribution < -0.4 is 16.4 Å². The summed E-state index contributed by atoms with van der Waals surface area (Å²) in [5, 5.41) is 14.8. The van der Waals surface area contributed by atoms with Crippen LogP contribution in [0.5, 0.6) is 0 Å². The van der Waals surface area contributed by atoms with E-state index in [1.165, 1.54) is 11.8 Å². The van der Waals surface area contributed by atoms with Gasteiger partial charge in [0, 0.05) is 6.54 Å². The molecule has 1 rings (SSSR count). The zero-order valence-corrected chi connectivity index (χ0v) is 18.1. The highest BCUT2D eigenvalue weighted by molar-refractivity contribution is 5.94. The van der Waals surface area contributed by atoms with Gasteiger partial charge >= 0.3 is 5.97 Å². The summed E-state index contributed by atoms with van der Waals surface area (Å²) in [6, 6.07) is -3.29. The first-order valence-corrected chi connectivity index (χ1v) is 10.4. The molecule has 0 saturated carbocycles. The number of hydrogen-bond donors (Lipinski definition) is 4. The number of nitrogens with one attached hydrogen (secondary N) is 2. The Morgan fingerprint density at radius 1 is 1.10 bits per heavy atom. The summed E-state index contributed by atoms with van der Waals surface area (Å²) >= 11 is 0. The molecule has 1 aliphatic heterocycles. The van der Waals surface area contributed by atoms with E-state index in [0.717, 1.165) is 0 Å². The Labute approximate surface area is 172 Å². The first-order chi connectivity index (χ1) is 13.5. The Hall–Kier alpha value is -2.16. The maximum Gasteiger partial charge on any atom is 0.326 e. The van der Waals surface area contributed by atoms with Crippen molar-refractivity contribution in [2.75, 3.05) is 6.54 Å². The first kappa shape index (κ1) is 24.9. The van der Waals surface area contributed by atoms with E-state index in [2.05, 4.69) is 10.6 Å². The summed E-state index contributed by atoms with van der Waals surface area (Å²) in [4.78, 5) is 50.9. The van der Waals surface area contributed by atoms with E-state index < -0.39 is 47.9 Å². The fourth-order valence-corrected chi connectivity index (χ4v) is 3.43. The zero-order valence-electron chi connectivity index (χ0n) is 18.1. The second-order valence-electron chi connectivity index (χ2n) is 8.38. The van der Waals surface area contributed by atoms with Crippen LogP contribution in [0.1, 0.15) is 60.3 Å². The number of hydrogen-bond acceptors (Lipinski definition) is 5. The SMILES string of the molecule is CCC(C)C(NC(=O)C(C)N)C(=O)NC(CC(C)C)C(=O)N1CCCC1C(=O)O. The van der Waals surface area contributed by atoms with Crippen molar-refractivity contribution in [3.8, 4) is 0 Å². The lowest BCUT2D eigenvalue weighted by Crippen LogP contribution is -2.58. The van der Waals surface area contributed by atoms with Crippen molar-refractivity contribution < 1.29 is 24.3 Å². The van der Waals surface area contributed by atoms with Crippen LogP contribution in [0.15, 0.2) is 0 Å². The molecule has 5 unspecified atom stereocenters. The minimum absolute atomic E-state index is 0.107. The van der Waals surface area contributed by atoms with Gasteiger partial charge in [-0.25, -0.2) is 4.79 Å². The van der Waals surface area contributed by atoms with Crippen molar-refractivity contribution in [2.45, 2.75) is 84.5 Å². The van der Waals surface area contributed by atoms with Crippen molar-refractivity contribution in [1.29, 1.82) is 0 Å². The molecule has 29 heavy (non-hydrogen) atoms. The van der Waals surface area contributed by atoms with E-state index in [4.69, 9.17) is 5.73 Å². The molecule has 3 amide bonds. The van der Waals surface area contributed by atoms with Crippen LogP contribution in [0.3, 0.4) is 0 Å². The number of nitrogens with two attached hydrogens (primary N) is 1. The van der Waals surface area contributed by atoms with E-state index in [1.54, 1.807) is 0 Å². The van der Waals surface area contributed by atoms with Gasteiger partial charge in [0.1, 0.15) is 18.1 Å². The van der Waals surface area contributed by atoms with Crippen molar-refractivity contribution in [3.05, 3.63) is 0 Å². The highest BCUT2D eigenvalue weighted by Crippen LogP contribution is 2.20. The van der Waals surface area contributed by atoms with Gasteiger partial charge in [0.05, 0.1) is 6.04 Å². The maximum absolute atomic E-state index is 13.1. The molecule has 1 aliphatic rings. The molecular formula is C20H36N4O5. The van der Waals surface area contributed by atoms with Gasteiger partial charge in [0.25, 0.3) is 0 Å². The predicted molar refractivity (Wildman–Crippen MR) is 109 cm³/mol. The van der Waals surface area contributed by atoms with E-state index >= 15 is 0 Å². The Kier molecular flexibility index (Phi) is 9.55. The normalized spacial score (nSPS) is 20.7. The number of nitrogens with zero attached hydrogens (tertiary/aromatic N) is 1. The summed E-state index contributed by atoms with van der Waals surface area (Å²) < 4.78 is 0. The number of likely N-dealkylation sites (tertiary alicyclic amines) is 1. The van der Waals surface area contributed by atoms with Crippen LogP contribution in [0.4, 0.5) is 0 Å². The van der Waals surface area contributed by atoms with Gasteiger partial charge in [0.2, 0.25) is 17.7 Å². The number of aliphatic carboxylic acids is 1. The lowest BCUT2D eigenvalue weighted by Gasteiger charge is -2.31. The molecule has 0 aromatic rings. The lowest BCUT2D eigenvalue weighted by atomic mass is 9.96. The largest absolute Gasteiger partial charge is 0.480 e. The molecule has 1 fully saturated rings. The fourth-order valence-electron chi connectivity index (χ4n) is 3.43. The molecule has 9 heteroatoms. The maximum atomic E-state index is 13.1. The Balaban J connectivity index is 3.01. The minimum atomic E-state index is -1.04. The van der Waals surface area contributed by atoms with Gasteiger partial charge in [-0.2, -0.15) is 0 Å². The summed E-state index contributed by atoms with van der Waals surface area (Å²) in [5.74, 6) is -2.38. The van der Waals surface area contributed by atoms with Gasteiger partial charge < -0.3 is 26.4 Å². The summed E-state index contributed by atoms with van der Waals surface area (Å²) in [6.45, 7) is 9.49. The third kappa shape index (κ3) is 6.99. The van der Waals surface area contributed by atoms with Crippen LogP contribution in [-0.4, -0.2) is 64.4 Å². The van der Waals surface area contributed by atoms with Crippen LogP contribution in [0.25, 0.3) is 0 Å². The molecule has 166 valence electrons. The van der Waals surface area contributed by atoms with Crippen LogP contribution in [0, 0.1) is 11.8 Å². The van der Waals surface area contributed by atoms with Gasteiger partial charge in [-0.3, -0.25) is 14.4 Å². The standard InChI is InChI=1S/C20H36N4O5/c1-6-12(4)16(23-17(25)13(5)21)18(26)22-14(10-11(2)3)19(27)24-9-7-8-15(24)20(28)29/h11-16H,6-10,21H2,1-5H3,(H,22,26)(H,23,25)(H,28,29). The molecule has 0 aromatic heterocycles. The Morgan fingerprint density at radius 2 is 1.72 bits per heavy atom. The minimum Gasteiger partial charge on any atom is -0.480 e. The first-order valence-electron chi connectivity index (χ1n) is 10.4. The third-order valence-corrected chi connectivity index (χ3v) is 5.35. The molecule has 0 spiro atoms. The molecule has 5 N–H and O–H groups in total. The number of carbonyl (C=O) groups excluding carboxylic acids is 3. The average Bonchev–Trinajstić information content (AvgIpc) is 3.13. The summed E-state index contributed by atoms with van der Waals surface area (Å²) in [6.07, 6.45) is 2.05. The van der Waals surface area contributed by atoms with Crippen molar-refractivity contribution >= 4 is 23.7 Å². The van der Waals surface area contributed by atoms with Crippen LogP contribution in [0.2, 0.25) is 0 Å². The number of amides is 3. The Morgan fingerprint density at radius 3 is 2.21 bits per heavy atom. The lowest BCUT2D eigenvalue weighted by molar-refractivity contribution is -0.149. The van der Waals surface area contributed by atoms with E-state index in [-0.39, 0.29) is 11.8 Å². The van der Waals surface area contributed by atoms with Crippen molar-refractivity contribution in [1.82, 2.24) is 15.5 Å². The van der Waals surface area contributed by atoms with E-state index in [1.807, 2.05) is 27.7 Å². The molecule has 0 bridgehead atoms. The van der Waals surface area contributed by atoms with Gasteiger partial charge in [-0.15, -0.1) is 0 Å². The second kappa shape index (κ2) is 11.1. The fraction of sp³-hybridized carbons (Fsp3) is 0.800. The molecule has 5 atom stereocenters. The Bertz CT molecular complexity index is 608. The van der Waals surface area contributed by atoms with Crippen LogP contribution >= 0.6 is 0 Å². The monoisotopic (exact) mass is 412 g/mol. The van der Waals surface area contributed by atoms with Crippen molar-refractivity contribution in [3.63, 3.8) is 0 Å². The van der Waals surface area contributed by atoms with E-state index in [9.17, 15) is 24.3 Å². The molecule has 0 radical (unpaired) electrons. The summed E-state index contributed by atoms with van der Waals surface area (Å²) in [5.41, 5.74) is 5.61. The molecule has 9 nitrogen and oxygen atoms in total. The van der Waals surface area contributed by atoms with Crippen molar-refractivity contribution in [2.24, 2.45) is 17.6 Å². The molecule has 0 aliphatic carbocycles. The molecule has 0 aromatic carbocycles. The van der Waals surface area contributed by atoms with E-state index in [0.29, 0.717) is 32.2 Å². The smallest absolute Gasteiger partial charge is 0.326 e. The number of rotatable bonds is 10. The van der Waals surface area contributed by atoms with Crippen LogP contribution in [-0.2, 0) is 19.2 Å². The average molecular weight is 413 g/mol. The predicted octanol–water partition coefficient (Wildman–Crippen LogP) is 0.471. The molecule has 1 heterocycles. The number of carboxylic acid groups (broad SMARTS) is 1. The highest BCUT2D eigenvalue weighted by atomic mass is 16.4. The molecular weight excluding hydrogens is 376 g/mol. The second-order valence-corrected chi connectivity index (χ2v) is 8.38. The van der Waals surface area contributed by atoms with Gasteiger partial charge in [-0.05, 0) is 38.0 Å². The number of carbonyl (C=O) groups is 4. The van der Waals surface area contributed by atoms with Gasteiger partial charge in [0.15, 0.2) is 0 Å².